The summed E-state index contributed by atoms with van der Waals surface area (Å²) in [7, 11) is 0. The molecule has 0 heterocycles. The fraction of sp³-hybridized carbons (Fsp3) is 0.0588. The van der Waals surface area contributed by atoms with Crippen LogP contribution >= 0.6 is 0 Å². The molecule has 0 atom stereocenters. The predicted octanol–water partition coefficient (Wildman–Crippen LogP) is 14.3. The summed E-state index contributed by atoms with van der Waals surface area (Å²) in [6, 6.07) is 74.4. The molecule has 2 nitrogen and oxygen atoms in total. The van der Waals surface area contributed by atoms with E-state index in [9.17, 15) is 0 Å². The first-order valence-electron chi connectivity index (χ1n) is 18.4. The molecule has 0 radical (unpaired) electrons. The molecule has 8 aromatic carbocycles. The lowest BCUT2D eigenvalue weighted by molar-refractivity contribution is 0.661. The van der Waals surface area contributed by atoms with Gasteiger partial charge in [0.2, 0.25) is 0 Å². The second kappa shape index (κ2) is 13.5. The molecule has 0 spiro atoms. The van der Waals surface area contributed by atoms with Crippen molar-refractivity contribution in [1.82, 2.24) is 0 Å². The minimum atomic E-state index is -0.237. The third-order valence-corrected chi connectivity index (χ3v) is 10.6. The molecule has 0 unspecified atom stereocenters. The molecular formula is C51H40N2. The average Bonchev–Trinajstić information content (AvgIpc) is 3.46. The van der Waals surface area contributed by atoms with Crippen LogP contribution in [-0.4, -0.2) is 0 Å². The van der Waals surface area contributed by atoms with E-state index in [2.05, 4.69) is 230 Å². The monoisotopic (exact) mass is 680 g/mol. The first-order valence-corrected chi connectivity index (χ1v) is 18.4. The third-order valence-electron chi connectivity index (χ3n) is 10.6. The first kappa shape index (κ1) is 32.3. The number of anilines is 6. The zero-order valence-electron chi connectivity index (χ0n) is 30.0. The van der Waals surface area contributed by atoms with Gasteiger partial charge in [-0.15, -0.1) is 0 Å². The van der Waals surface area contributed by atoms with Crippen LogP contribution in [0.4, 0.5) is 34.1 Å². The second-order valence-corrected chi connectivity index (χ2v) is 14.2. The van der Waals surface area contributed by atoms with Gasteiger partial charge in [0.1, 0.15) is 0 Å². The van der Waals surface area contributed by atoms with Crippen LogP contribution in [-0.2, 0) is 5.41 Å². The maximum atomic E-state index is 2.49. The van der Waals surface area contributed by atoms with Crippen LogP contribution in [0, 0.1) is 0 Å². The lowest BCUT2D eigenvalue weighted by Crippen LogP contribution is -2.21. The van der Waals surface area contributed by atoms with Crippen LogP contribution in [0.1, 0.15) is 25.0 Å². The van der Waals surface area contributed by atoms with E-state index in [1.54, 1.807) is 0 Å². The molecule has 53 heavy (non-hydrogen) atoms. The van der Waals surface area contributed by atoms with Crippen molar-refractivity contribution in [3.05, 3.63) is 217 Å². The molecule has 0 amide bonds. The van der Waals surface area contributed by atoms with E-state index in [4.69, 9.17) is 0 Å². The third kappa shape index (κ3) is 5.79. The van der Waals surface area contributed by atoms with Crippen LogP contribution in [0.5, 0.6) is 0 Å². The summed E-state index contributed by atoms with van der Waals surface area (Å²) in [6.07, 6.45) is 0. The van der Waals surface area contributed by atoms with E-state index in [0.717, 1.165) is 28.4 Å². The Balaban J connectivity index is 1.27. The van der Waals surface area contributed by atoms with Crippen LogP contribution in [0.15, 0.2) is 206 Å². The minimum absolute atomic E-state index is 0.237. The molecule has 254 valence electrons. The highest BCUT2D eigenvalue weighted by atomic mass is 15.2. The SMILES string of the molecule is CC1(C)c2ccccc2-c2ccc(-c3ccc(N(c4ccccc4)c4ccccc4)cc3)c(N(c3ccccc3)c3cccc(-c4ccccc4)c3)c21. The van der Waals surface area contributed by atoms with E-state index < -0.39 is 0 Å². The van der Waals surface area contributed by atoms with E-state index in [-0.39, 0.29) is 5.41 Å². The van der Waals surface area contributed by atoms with E-state index in [0.29, 0.717) is 0 Å². The van der Waals surface area contributed by atoms with Crippen LogP contribution < -0.4 is 9.80 Å². The average molecular weight is 681 g/mol. The number of nitrogens with zero attached hydrogens (tertiary/aromatic N) is 2. The quantitative estimate of drug-likeness (QED) is 0.158. The highest BCUT2D eigenvalue weighted by Crippen LogP contribution is 2.57. The van der Waals surface area contributed by atoms with Crippen LogP contribution in [0.25, 0.3) is 33.4 Å². The summed E-state index contributed by atoms with van der Waals surface area (Å²) in [5, 5.41) is 0. The lowest BCUT2D eigenvalue weighted by Gasteiger charge is -2.34. The van der Waals surface area contributed by atoms with Crippen molar-refractivity contribution < 1.29 is 0 Å². The van der Waals surface area contributed by atoms with Gasteiger partial charge in [-0.3, -0.25) is 0 Å². The van der Waals surface area contributed by atoms with Gasteiger partial charge in [0.25, 0.3) is 0 Å². The molecule has 0 saturated carbocycles. The summed E-state index contributed by atoms with van der Waals surface area (Å²) < 4.78 is 0. The second-order valence-electron chi connectivity index (χ2n) is 14.2. The number of hydrogen-bond acceptors (Lipinski definition) is 2. The van der Waals surface area contributed by atoms with Crippen LogP contribution in [0.2, 0.25) is 0 Å². The first-order chi connectivity index (χ1) is 26.1. The van der Waals surface area contributed by atoms with E-state index >= 15 is 0 Å². The lowest BCUT2D eigenvalue weighted by atomic mass is 9.79. The standard InChI is InChI=1S/C51H40N2/c1-51(2)48-29-16-15-28-46(48)47-35-34-45(38-30-32-43(33-31-38)52(40-21-9-4-10-22-40)41-23-11-5-12-24-41)50(49(47)51)53(42-25-13-6-14-26-42)44-27-17-20-39(36-44)37-18-7-3-8-19-37/h3-36H,1-2H3. The summed E-state index contributed by atoms with van der Waals surface area (Å²) in [4.78, 5) is 4.81. The van der Waals surface area contributed by atoms with Crippen molar-refractivity contribution in [3.63, 3.8) is 0 Å². The van der Waals surface area contributed by atoms with Crippen LogP contribution in [0.3, 0.4) is 0 Å². The van der Waals surface area contributed by atoms with Gasteiger partial charge in [-0.1, -0.05) is 159 Å². The molecule has 2 heteroatoms. The molecule has 1 aliphatic carbocycles. The predicted molar refractivity (Wildman–Crippen MR) is 224 cm³/mol. The molecule has 0 fully saturated rings. The van der Waals surface area contributed by atoms with Gasteiger partial charge in [0.15, 0.2) is 0 Å². The van der Waals surface area contributed by atoms with Crippen molar-refractivity contribution in [3.8, 4) is 33.4 Å². The Bertz CT molecular complexity index is 2470. The van der Waals surface area contributed by atoms with Crippen molar-refractivity contribution in [1.29, 1.82) is 0 Å². The van der Waals surface area contributed by atoms with Gasteiger partial charge in [-0.05, 0) is 99.6 Å². The molecule has 0 N–H and O–H groups in total. The summed E-state index contributed by atoms with van der Waals surface area (Å²) in [5.74, 6) is 0. The largest absolute Gasteiger partial charge is 0.311 e. The number of rotatable bonds is 8. The fourth-order valence-electron chi connectivity index (χ4n) is 8.14. The molecule has 8 aromatic rings. The summed E-state index contributed by atoms with van der Waals surface area (Å²) >= 11 is 0. The van der Waals surface area contributed by atoms with E-state index in [1.807, 2.05) is 0 Å². The zero-order chi connectivity index (χ0) is 35.8. The Kier molecular flexibility index (Phi) is 8.21. The maximum Gasteiger partial charge on any atom is 0.0587 e. The zero-order valence-corrected chi connectivity index (χ0v) is 30.0. The van der Waals surface area contributed by atoms with Crippen molar-refractivity contribution in [2.24, 2.45) is 0 Å². The van der Waals surface area contributed by atoms with Crippen molar-refractivity contribution >= 4 is 34.1 Å². The van der Waals surface area contributed by atoms with Gasteiger partial charge >= 0.3 is 0 Å². The van der Waals surface area contributed by atoms with Crippen molar-refractivity contribution in [2.75, 3.05) is 9.80 Å². The molecule has 9 rings (SSSR count). The number of fused-ring (bicyclic) bond motifs is 3. The van der Waals surface area contributed by atoms with Crippen molar-refractivity contribution in [2.45, 2.75) is 19.3 Å². The maximum absolute atomic E-state index is 2.49. The smallest absolute Gasteiger partial charge is 0.0587 e. The highest BCUT2D eigenvalue weighted by molar-refractivity contribution is 5.98. The van der Waals surface area contributed by atoms with Gasteiger partial charge in [-0.2, -0.15) is 0 Å². The Morgan fingerprint density at radius 3 is 1.42 bits per heavy atom. The van der Waals surface area contributed by atoms with Gasteiger partial charge in [0, 0.05) is 39.4 Å². The Morgan fingerprint density at radius 2 is 0.792 bits per heavy atom. The summed E-state index contributed by atoms with van der Waals surface area (Å²) in [6.45, 7) is 4.77. The fourth-order valence-corrected chi connectivity index (χ4v) is 8.14. The number of para-hydroxylation sites is 3. The highest BCUT2D eigenvalue weighted by Gasteiger charge is 2.40. The molecular weight excluding hydrogens is 641 g/mol. The number of benzene rings is 8. The molecule has 1 aliphatic rings. The molecule has 0 bridgehead atoms. The minimum Gasteiger partial charge on any atom is -0.311 e. The molecule has 0 saturated heterocycles. The van der Waals surface area contributed by atoms with Gasteiger partial charge in [-0.25, -0.2) is 0 Å². The Hall–Kier alpha value is -6.64. The topological polar surface area (TPSA) is 6.48 Å². The van der Waals surface area contributed by atoms with Gasteiger partial charge in [0.05, 0.1) is 5.69 Å². The Labute approximate surface area is 312 Å². The Morgan fingerprint density at radius 1 is 0.321 bits per heavy atom. The summed E-state index contributed by atoms with van der Waals surface area (Å²) in [5.41, 5.74) is 16.6. The normalized spacial score (nSPS) is 12.5. The van der Waals surface area contributed by atoms with Gasteiger partial charge < -0.3 is 9.80 Å². The van der Waals surface area contributed by atoms with E-state index in [1.165, 1.54) is 50.2 Å². The molecule has 0 aromatic heterocycles. The number of hydrogen-bond donors (Lipinski definition) is 0. The molecule has 0 aliphatic heterocycles.